The fourth-order valence-corrected chi connectivity index (χ4v) is 3.40. The smallest absolute Gasteiger partial charge is 0.309 e. The van der Waals surface area contributed by atoms with Crippen LogP contribution in [-0.4, -0.2) is 52.7 Å². The zero-order valence-corrected chi connectivity index (χ0v) is 19.2. The predicted octanol–water partition coefficient (Wildman–Crippen LogP) is 3.73. The van der Waals surface area contributed by atoms with Crippen LogP contribution in [0.2, 0.25) is 0 Å². The molecule has 1 aliphatic carbocycles. The number of fused-ring (bicyclic) bond motifs is 1. The van der Waals surface area contributed by atoms with Crippen LogP contribution in [0.25, 0.3) is 0 Å². The average molecular weight is 447 g/mol. The van der Waals surface area contributed by atoms with Crippen LogP contribution in [0.3, 0.4) is 0 Å². The van der Waals surface area contributed by atoms with Crippen molar-refractivity contribution < 1.29 is 34.5 Å². The first-order chi connectivity index (χ1) is 15.1. The summed E-state index contributed by atoms with van der Waals surface area (Å²) >= 11 is 0. The summed E-state index contributed by atoms with van der Waals surface area (Å²) in [7, 11) is 2.88. The molecule has 9 heteroatoms. The molecule has 9 nitrogen and oxygen atoms in total. The monoisotopic (exact) mass is 446 g/mol. The van der Waals surface area contributed by atoms with Crippen LogP contribution in [0, 0.1) is 0 Å². The van der Waals surface area contributed by atoms with Gasteiger partial charge in [-0.2, -0.15) is 0 Å². The Hall–Kier alpha value is -3.33. The van der Waals surface area contributed by atoms with Crippen molar-refractivity contribution in [1.82, 2.24) is 0 Å². The third kappa shape index (κ3) is 5.67. The van der Waals surface area contributed by atoms with Gasteiger partial charge in [-0.3, -0.25) is 4.79 Å². The summed E-state index contributed by atoms with van der Waals surface area (Å²) < 4.78 is 16.9. The van der Waals surface area contributed by atoms with E-state index in [2.05, 4.69) is 10.3 Å². The minimum atomic E-state index is -1.23. The van der Waals surface area contributed by atoms with E-state index in [-0.39, 0.29) is 23.6 Å². The second-order valence-corrected chi connectivity index (χ2v) is 8.24. The summed E-state index contributed by atoms with van der Waals surface area (Å²) in [6.07, 6.45) is 4.21. The highest BCUT2D eigenvalue weighted by atomic mass is 16.5. The summed E-state index contributed by atoms with van der Waals surface area (Å²) in [4.78, 5) is 12.5. The first-order valence-corrected chi connectivity index (χ1v) is 10.0. The maximum Gasteiger partial charge on any atom is 0.309 e. The Balaban J connectivity index is 2.73. The van der Waals surface area contributed by atoms with E-state index in [0.717, 1.165) is 5.57 Å². The lowest BCUT2D eigenvalue weighted by Gasteiger charge is -2.26. The summed E-state index contributed by atoms with van der Waals surface area (Å²) in [6, 6.07) is 1.64. The number of allylic oxidation sites excluding steroid dienone is 3. The average Bonchev–Trinajstić information content (AvgIpc) is 2.73. The van der Waals surface area contributed by atoms with Gasteiger partial charge in [-0.15, -0.1) is 0 Å². The van der Waals surface area contributed by atoms with Gasteiger partial charge in [0, 0.05) is 12.0 Å². The van der Waals surface area contributed by atoms with Crippen molar-refractivity contribution >= 4 is 17.4 Å². The van der Waals surface area contributed by atoms with Crippen molar-refractivity contribution in [1.29, 1.82) is 0 Å². The molecule has 1 aliphatic rings. The normalized spacial score (nSPS) is 16.5. The van der Waals surface area contributed by atoms with E-state index in [0.29, 0.717) is 28.9 Å². The number of benzene rings is 1. The van der Waals surface area contributed by atoms with Gasteiger partial charge in [-0.1, -0.05) is 22.0 Å². The second-order valence-electron chi connectivity index (χ2n) is 8.24. The van der Waals surface area contributed by atoms with Gasteiger partial charge in [0.1, 0.15) is 29.0 Å². The number of hydrogen-bond acceptors (Lipinski definition) is 9. The molecule has 1 aromatic carbocycles. The van der Waals surface area contributed by atoms with Crippen LogP contribution in [0.1, 0.15) is 63.3 Å². The van der Waals surface area contributed by atoms with E-state index < -0.39 is 17.7 Å². The molecule has 1 atom stereocenters. The standard InChI is InChI=1S/C23H30N2O7/c1-13(2)7-10-17(32-19(26)12-23(3,4)27)14-11-18(30-5)20-15(24-28)8-9-16(25-29)21(20)22(14)31-6/h7-9,11,17,27-29H,10,12H2,1-6H3/b24-15+,25-16+/t17-/m1/s1. The lowest BCUT2D eigenvalue weighted by molar-refractivity contribution is -0.153. The van der Waals surface area contributed by atoms with E-state index >= 15 is 0 Å². The number of aliphatic hydroxyl groups is 1. The Kier molecular flexibility index (Phi) is 8.04. The molecule has 0 radical (unpaired) electrons. The minimum absolute atomic E-state index is 0.160. The van der Waals surface area contributed by atoms with Crippen LogP contribution in [0.15, 0.2) is 40.2 Å². The van der Waals surface area contributed by atoms with Gasteiger partial charge in [-0.25, -0.2) is 0 Å². The van der Waals surface area contributed by atoms with Crippen molar-refractivity contribution in [2.45, 2.75) is 52.2 Å². The summed E-state index contributed by atoms with van der Waals surface area (Å²) in [5.41, 5.74) is 1.31. The first-order valence-electron chi connectivity index (χ1n) is 10.0. The van der Waals surface area contributed by atoms with Gasteiger partial charge >= 0.3 is 5.97 Å². The van der Waals surface area contributed by atoms with E-state index in [1.165, 1.54) is 40.2 Å². The largest absolute Gasteiger partial charge is 0.496 e. The van der Waals surface area contributed by atoms with Crippen LogP contribution in [0.5, 0.6) is 11.5 Å². The minimum Gasteiger partial charge on any atom is -0.496 e. The molecule has 0 spiro atoms. The van der Waals surface area contributed by atoms with Crippen LogP contribution in [0.4, 0.5) is 0 Å². The molecule has 0 aromatic heterocycles. The number of hydrogen-bond donors (Lipinski definition) is 3. The van der Waals surface area contributed by atoms with Crippen molar-refractivity contribution in [2.24, 2.45) is 10.3 Å². The Morgan fingerprint density at radius 2 is 1.69 bits per heavy atom. The molecule has 3 N–H and O–H groups in total. The van der Waals surface area contributed by atoms with Crippen molar-refractivity contribution in [3.05, 3.63) is 46.6 Å². The molecule has 0 unspecified atom stereocenters. The van der Waals surface area contributed by atoms with Crippen LogP contribution < -0.4 is 9.47 Å². The maximum absolute atomic E-state index is 12.5. The van der Waals surface area contributed by atoms with E-state index in [4.69, 9.17) is 14.2 Å². The predicted molar refractivity (Wildman–Crippen MR) is 119 cm³/mol. The number of carbonyl (C=O) groups is 1. The SMILES string of the molecule is COc1cc([C@@H](CC=C(C)C)OC(=O)CC(C)(C)O)c(OC)c2c1/C(=N/O)C=C/C2=N\O. The Bertz CT molecular complexity index is 981. The van der Waals surface area contributed by atoms with E-state index in [1.54, 1.807) is 6.07 Å². The van der Waals surface area contributed by atoms with E-state index in [9.17, 15) is 20.3 Å². The first kappa shape index (κ1) is 24.9. The number of ether oxygens (including phenoxy) is 3. The third-order valence-corrected chi connectivity index (χ3v) is 4.76. The number of nitrogens with zero attached hydrogens (tertiary/aromatic N) is 2. The number of oxime groups is 2. The van der Waals surface area contributed by atoms with Crippen LogP contribution >= 0.6 is 0 Å². The zero-order chi connectivity index (χ0) is 24.1. The molecule has 2 rings (SSSR count). The topological polar surface area (TPSA) is 130 Å². The number of carbonyl (C=O) groups excluding carboxylic acids is 1. The molecular weight excluding hydrogens is 416 g/mol. The summed E-state index contributed by atoms with van der Waals surface area (Å²) in [5.74, 6) is 0.00843. The van der Waals surface area contributed by atoms with Crippen molar-refractivity contribution in [3.63, 3.8) is 0 Å². The molecule has 0 fully saturated rings. The number of rotatable bonds is 8. The molecule has 174 valence electrons. The zero-order valence-electron chi connectivity index (χ0n) is 19.2. The highest BCUT2D eigenvalue weighted by Gasteiger charge is 2.32. The van der Waals surface area contributed by atoms with Crippen molar-refractivity contribution in [2.75, 3.05) is 14.2 Å². The molecule has 32 heavy (non-hydrogen) atoms. The molecular formula is C23H30N2O7. The van der Waals surface area contributed by atoms with Gasteiger partial charge in [0.05, 0.1) is 37.4 Å². The Morgan fingerprint density at radius 1 is 1.09 bits per heavy atom. The van der Waals surface area contributed by atoms with Gasteiger partial charge in [0.2, 0.25) is 0 Å². The number of esters is 1. The maximum atomic E-state index is 12.5. The van der Waals surface area contributed by atoms with Crippen LogP contribution in [-0.2, 0) is 9.53 Å². The molecule has 0 heterocycles. The lowest BCUT2D eigenvalue weighted by Crippen LogP contribution is -2.26. The van der Waals surface area contributed by atoms with Gasteiger partial charge in [0.15, 0.2) is 0 Å². The summed E-state index contributed by atoms with van der Waals surface area (Å²) in [6.45, 7) is 6.89. The fourth-order valence-electron chi connectivity index (χ4n) is 3.40. The van der Waals surface area contributed by atoms with Crippen molar-refractivity contribution in [3.8, 4) is 11.5 Å². The molecule has 0 bridgehead atoms. The molecule has 0 amide bonds. The third-order valence-electron chi connectivity index (χ3n) is 4.76. The molecule has 0 saturated carbocycles. The Morgan fingerprint density at radius 3 is 2.16 bits per heavy atom. The second kappa shape index (κ2) is 10.3. The molecule has 1 aromatic rings. The lowest BCUT2D eigenvalue weighted by atomic mass is 9.88. The summed E-state index contributed by atoms with van der Waals surface area (Å²) in [5, 5.41) is 35.7. The molecule has 0 saturated heterocycles. The van der Waals surface area contributed by atoms with Gasteiger partial charge < -0.3 is 29.7 Å². The van der Waals surface area contributed by atoms with Gasteiger partial charge in [0.25, 0.3) is 0 Å². The number of methoxy groups -OCH3 is 2. The van der Waals surface area contributed by atoms with Gasteiger partial charge in [-0.05, 0) is 45.9 Å². The Labute approximate surface area is 187 Å². The highest BCUT2D eigenvalue weighted by Crippen LogP contribution is 2.42. The highest BCUT2D eigenvalue weighted by molar-refractivity contribution is 6.27. The fraction of sp³-hybridized carbons (Fsp3) is 0.435. The quantitative estimate of drug-likeness (QED) is 0.240. The molecule has 0 aliphatic heterocycles. The van der Waals surface area contributed by atoms with E-state index in [1.807, 2.05) is 19.9 Å².